The molecule has 0 bridgehead atoms. The molecule has 0 aliphatic carbocycles. The molecule has 0 spiro atoms. The molecule has 2 aromatic rings. The molecule has 2 aromatic carbocycles. The number of amides is 2. The predicted molar refractivity (Wildman–Crippen MR) is 88.0 cm³/mol. The number of halogens is 1. The lowest BCUT2D eigenvalue weighted by Gasteiger charge is -2.26. The average Bonchev–Trinajstić information content (AvgIpc) is 2.56. The highest BCUT2D eigenvalue weighted by Crippen LogP contribution is 2.31. The molecule has 0 radical (unpaired) electrons. The summed E-state index contributed by atoms with van der Waals surface area (Å²) in [6.45, 7) is 0.398. The smallest absolute Gasteiger partial charge is 0.264 e. The van der Waals surface area contributed by atoms with Gasteiger partial charge in [-0.05, 0) is 35.9 Å². The molecule has 118 valence electrons. The van der Waals surface area contributed by atoms with Gasteiger partial charge in [0.25, 0.3) is 11.8 Å². The topological polar surface area (TPSA) is 58.6 Å². The summed E-state index contributed by atoms with van der Waals surface area (Å²) in [5, 5.41) is 3.35. The number of nitrogens with one attached hydrogen (secondary N) is 1. The van der Waals surface area contributed by atoms with E-state index in [0.29, 0.717) is 28.6 Å². The largest absolute Gasteiger partial charge is 0.482 e. The summed E-state index contributed by atoms with van der Waals surface area (Å²) in [5.74, 6) is 0.362. The summed E-state index contributed by atoms with van der Waals surface area (Å²) in [7, 11) is 1.71. The average molecular weight is 331 g/mol. The number of likely N-dealkylation sites (N-methyl/N-ethyl adjacent to an activating group) is 1. The minimum absolute atomic E-state index is 0.0499. The van der Waals surface area contributed by atoms with Gasteiger partial charge in [0, 0.05) is 24.2 Å². The van der Waals surface area contributed by atoms with E-state index in [9.17, 15) is 9.59 Å². The van der Waals surface area contributed by atoms with E-state index in [1.165, 1.54) is 0 Å². The monoisotopic (exact) mass is 330 g/mol. The Kier molecular flexibility index (Phi) is 4.21. The second-order valence-corrected chi connectivity index (χ2v) is 5.67. The molecule has 2 amide bonds. The van der Waals surface area contributed by atoms with Crippen molar-refractivity contribution in [1.82, 2.24) is 5.32 Å². The van der Waals surface area contributed by atoms with E-state index in [-0.39, 0.29) is 18.4 Å². The Morgan fingerprint density at radius 1 is 1.30 bits per heavy atom. The molecule has 1 aliphatic heterocycles. The lowest BCUT2D eigenvalue weighted by Crippen LogP contribution is -2.35. The van der Waals surface area contributed by atoms with Crippen molar-refractivity contribution in [1.29, 1.82) is 0 Å². The maximum Gasteiger partial charge on any atom is 0.264 e. The normalized spacial score (nSPS) is 13.3. The molecule has 1 aliphatic rings. The molecule has 0 aromatic heterocycles. The first kappa shape index (κ1) is 15.4. The van der Waals surface area contributed by atoms with Gasteiger partial charge in [0.2, 0.25) is 0 Å². The SMILES string of the molecule is CN1C(=O)COc2ccc(CNC(=O)c3cccc(Cl)c3)cc21. The number of ether oxygens (including phenoxy) is 1. The summed E-state index contributed by atoms with van der Waals surface area (Å²) in [6.07, 6.45) is 0. The van der Waals surface area contributed by atoms with Crippen molar-refractivity contribution < 1.29 is 14.3 Å². The highest BCUT2D eigenvalue weighted by Gasteiger charge is 2.22. The number of rotatable bonds is 3. The standard InChI is InChI=1S/C17H15ClN2O3/c1-20-14-7-11(5-6-15(14)23-10-16(20)21)9-19-17(22)12-3-2-4-13(18)8-12/h2-8H,9-10H2,1H3,(H,19,22). The van der Waals surface area contributed by atoms with Crippen molar-refractivity contribution >= 4 is 29.1 Å². The third kappa shape index (κ3) is 3.29. The Labute approximate surface area is 138 Å². The van der Waals surface area contributed by atoms with E-state index in [1.807, 2.05) is 12.1 Å². The van der Waals surface area contributed by atoms with Gasteiger partial charge < -0.3 is 15.0 Å². The van der Waals surface area contributed by atoms with Gasteiger partial charge in [-0.3, -0.25) is 9.59 Å². The predicted octanol–water partition coefficient (Wildman–Crippen LogP) is 2.63. The summed E-state index contributed by atoms with van der Waals surface area (Å²) in [6, 6.07) is 12.3. The summed E-state index contributed by atoms with van der Waals surface area (Å²) >= 11 is 5.88. The highest BCUT2D eigenvalue weighted by molar-refractivity contribution is 6.30. The van der Waals surface area contributed by atoms with Gasteiger partial charge in [-0.1, -0.05) is 23.7 Å². The van der Waals surface area contributed by atoms with Gasteiger partial charge in [-0.2, -0.15) is 0 Å². The van der Waals surface area contributed by atoms with Crippen LogP contribution in [0.5, 0.6) is 5.75 Å². The fourth-order valence-corrected chi connectivity index (χ4v) is 2.53. The fraction of sp³-hybridized carbons (Fsp3) is 0.176. The Morgan fingerprint density at radius 3 is 2.91 bits per heavy atom. The maximum atomic E-state index is 12.1. The summed E-state index contributed by atoms with van der Waals surface area (Å²) in [4.78, 5) is 25.3. The van der Waals surface area contributed by atoms with Crippen molar-refractivity contribution in [3.8, 4) is 5.75 Å². The molecule has 6 heteroatoms. The lowest BCUT2D eigenvalue weighted by atomic mass is 10.1. The van der Waals surface area contributed by atoms with Crippen molar-refractivity contribution in [2.45, 2.75) is 6.54 Å². The second kappa shape index (κ2) is 6.30. The molecule has 0 saturated heterocycles. The molecule has 3 rings (SSSR count). The maximum absolute atomic E-state index is 12.1. The zero-order chi connectivity index (χ0) is 16.4. The van der Waals surface area contributed by atoms with Crippen LogP contribution in [0, 0.1) is 0 Å². The molecule has 0 saturated carbocycles. The van der Waals surface area contributed by atoms with Gasteiger partial charge in [-0.25, -0.2) is 0 Å². The van der Waals surface area contributed by atoms with Crippen LogP contribution in [-0.2, 0) is 11.3 Å². The number of nitrogens with zero attached hydrogens (tertiary/aromatic N) is 1. The zero-order valence-electron chi connectivity index (χ0n) is 12.5. The van der Waals surface area contributed by atoms with Gasteiger partial charge in [0.1, 0.15) is 5.75 Å². The van der Waals surface area contributed by atoms with Crippen molar-refractivity contribution in [3.05, 3.63) is 58.6 Å². The molecule has 23 heavy (non-hydrogen) atoms. The minimum Gasteiger partial charge on any atom is -0.482 e. The number of carbonyl (C=O) groups excluding carboxylic acids is 2. The summed E-state index contributed by atoms with van der Waals surface area (Å²) < 4.78 is 5.38. The van der Waals surface area contributed by atoms with Gasteiger partial charge in [-0.15, -0.1) is 0 Å². The van der Waals surface area contributed by atoms with Crippen molar-refractivity contribution in [2.24, 2.45) is 0 Å². The van der Waals surface area contributed by atoms with Crippen molar-refractivity contribution in [3.63, 3.8) is 0 Å². The van der Waals surface area contributed by atoms with Gasteiger partial charge in [0.15, 0.2) is 6.61 Å². The van der Waals surface area contributed by atoms with Crippen molar-refractivity contribution in [2.75, 3.05) is 18.6 Å². The number of anilines is 1. The molecular formula is C17H15ClN2O3. The first-order valence-corrected chi connectivity index (χ1v) is 7.48. The van der Waals surface area contributed by atoms with Crippen LogP contribution in [0.3, 0.4) is 0 Å². The Morgan fingerprint density at radius 2 is 2.13 bits per heavy atom. The summed E-state index contributed by atoms with van der Waals surface area (Å²) in [5.41, 5.74) is 2.09. The molecule has 5 nitrogen and oxygen atoms in total. The van der Waals surface area contributed by atoms with Crippen LogP contribution in [0.25, 0.3) is 0 Å². The molecular weight excluding hydrogens is 316 g/mol. The zero-order valence-corrected chi connectivity index (χ0v) is 13.3. The fourth-order valence-electron chi connectivity index (χ4n) is 2.34. The molecule has 0 unspecified atom stereocenters. The van der Waals surface area contributed by atoms with E-state index < -0.39 is 0 Å². The Balaban J connectivity index is 1.72. The van der Waals surface area contributed by atoms with E-state index in [1.54, 1.807) is 42.3 Å². The number of fused-ring (bicyclic) bond motifs is 1. The van der Waals surface area contributed by atoms with Crippen LogP contribution in [0.1, 0.15) is 15.9 Å². The lowest BCUT2D eigenvalue weighted by molar-refractivity contribution is -0.120. The number of benzene rings is 2. The highest BCUT2D eigenvalue weighted by atomic mass is 35.5. The van der Waals surface area contributed by atoms with E-state index >= 15 is 0 Å². The molecule has 0 fully saturated rings. The van der Waals surface area contributed by atoms with E-state index in [0.717, 1.165) is 5.56 Å². The minimum atomic E-state index is -0.203. The Hall–Kier alpha value is -2.53. The van der Waals surface area contributed by atoms with Crippen LogP contribution in [0.2, 0.25) is 5.02 Å². The van der Waals surface area contributed by atoms with Crippen LogP contribution in [-0.4, -0.2) is 25.5 Å². The van der Waals surface area contributed by atoms with E-state index in [2.05, 4.69) is 5.32 Å². The second-order valence-electron chi connectivity index (χ2n) is 5.24. The third-order valence-electron chi connectivity index (χ3n) is 3.65. The van der Waals surface area contributed by atoms with Crippen LogP contribution in [0.15, 0.2) is 42.5 Å². The van der Waals surface area contributed by atoms with Gasteiger partial charge in [0.05, 0.1) is 5.69 Å². The molecule has 1 N–H and O–H groups in total. The quantitative estimate of drug-likeness (QED) is 0.941. The number of hydrogen-bond donors (Lipinski definition) is 1. The third-order valence-corrected chi connectivity index (χ3v) is 3.88. The van der Waals surface area contributed by atoms with Crippen LogP contribution >= 0.6 is 11.6 Å². The van der Waals surface area contributed by atoms with E-state index in [4.69, 9.17) is 16.3 Å². The number of carbonyl (C=O) groups is 2. The first-order valence-electron chi connectivity index (χ1n) is 7.10. The van der Waals surface area contributed by atoms with Crippen LogP contribution in [0.4, 0.5) is 5.69 Å². The van der Waals surface area contributed by atoms with Gasteiger partial charge >= 0.3 is 0 Å². The molecule has 1 heterocycles. The Bertz CT molecular complexity index is 776. The number of hydrogen-bond acceptors (Lipinski definition) is 3. The molecule has 0 atom stereocenters. The first-order chi connectivity index (χ1) is 11.0. The van der Waals surface area contributed by atoms with Crippen LogP contribution < -0.4 is 15.0 Å².